The number of carbonyl (C=O) groups is 1. The summed E-state index contributed by atoms with van der Waals surface area (Å²) in [6.07, 6.45) is 3.10. The molecule has 0 radical (unpaired) electrons. The van der Waals surface area contributed by atoms with Gasteiger partial charge in [-0.15, -0.1) is 0 Å². The number of furan rings is 1. The smallest absolute Gasteiger partial charge is 0.251 e. The molecule has 0 fully saturated rings. The van der Waals surface area contributed by atoms with Crippen LogP contribution in [0.3, 0.4) is 0 Å². The van der Waals surface area contributed by atoms with Gasteiger partial charge in [-0.3, -0.25) is 9.48 Å². The molecule has 7 heteroatoms. The van der Waals surface area contributed by atoms with Gasteiger partial charge in [0.25, 0.3) is 5.91 Å². The van der Waals surface area contributed by atoms with Crippen molar-refractivity contribution in [1.29, 1.82) is 0 Å². The Kier molecular flexibility index (Phi) is 4.18. The Morgan fingerprint density at radius 3 is 2.67 bits per heavy atom. The average Bonchev–Trinajstić information content (AvgIpc) is 3.25. The van der Waals surface area contributed by atoms with E-state index in [9.17, 15) is 9.90 Å². The monoisotopic (exact) mass is 326 g/mol. The average molecular weight is 326 g/mol. The zero-order valence-electron chi connectivity index (χ0n) is 13.4. The van der Waals surface area contributed by atoms with Crippen molar-refractivity contribution in [3.8, 4) is 11.4 Å². The van der Waals surface area contributed by atoms with Gasteiger partial charge in [-0.1, -0.05) is 12.1 Å². The molecular formula is C17H18N4O3. The quantitative estimate of drug-likeness (QED) is 0.744. The highest BCUT2D eigenvalue weighted by Crippen LogP contribution is 2.20. The molecular weight excluding hydrogens is 308 g/mol. The van der Waals surface area contributed by atoms with Gasteiger partial charge in [0.1, 0.15) is 17.7 Å². The Hall–Kier alpha value is -2.93. The van der Waals surface area contributed by atoms with Crippen molar-refractivity contribution in [2.75, 3.05) is 6.54 Å². The van der Waals surface area contributed by atoms with Crippen LogP contribution in [0, 0.1) is 0 Å². The Bertz CT molecular complexity index is 820. The standard InChI is InChI=1S/C17H18N4O3/c1-17(23,14-4-3-9-24-14)10-18-16(22)13-7-5-12(6-8-13)15-19-11-21(2)20-15/h3-9,11,23H,10H2,1-2H3,(H,18,22). The van der Waals surface area contributed by atoms with E-state index < -0.39 is 5.60 Å². The molecule has 7 nitrogen and oxygen atoms in total. The van der Waals surface area contributed by atoms with Gasteiger partial charge >= 0.3 is 0 Å². The molecule has 1 aromatic carbocycles. The topological polar surface area (TPSA) is 93.2 Å². The lowest BCUT2D eigenvalue weighted by Crippen LogP contribution is -2.38. The minimum Gasteiger partial charge on any atom is -0.466 e. The Morgan fingerprint density at radius 1 is 1.33 bits per heavy atom. The van der Waals surface area contributed by atoms with Gasteiger partial charge in [0.15, 0.2) is 5.82 Å². The number of nitrogens with zero attached hydrogens (tertiary/aromatic N) is 3. The fraction of sp³-hybridized carbons (Fsp3) is 0.235. The number of hydrogen-bond donors (Lipinski definition) is 2. The molecule has 0 bridgehead atoms. The summed E-state index contributed by atoms with van der Waals surface area (Å²) in [6, 6.07) is 10.3. The normalized spacial score (nSPS) is 13.5. The lowest BCUT2D eigenvalue weighted by Gasteiger charge is -2.21. The Balaban J connectivity index is 1.65. The second-order valence-electron chi connectivity index (χ2n) is 5.75. The first-order valence-corrected chi connectivity index (χ1v) is 7.46. The van der Waals surface area contributed by atoms with Crippen LogP contribution in [-0.4, -0.2) is 32.3 Å². The predicted molar refractivity (Wildman–Crippen MR) is 87.1 cm³/mol. The zero-order valence-corrected chi connectivity index (χ0v) is 13.4. The predicted octanol–water partition coefficient (Wildman–Crippen LogP) is 1.71. The van der Waals surface area contributed by atoms with Crippen LogP contribution in [0.4, 0.5) is 0 Å². The van der Waals surface area contributed by atoms with Crippen molar-refractivity contribution in [3.63, 3.8) is 0 Å². The van der Waals surface area contributed by atoms with Gasteiger partial charge in [-0.25, -0.2) is 4.98 Å². The molecule has 0 aliphatic rings. The van der Waals surface area contributed by atoms with Crippen molar-refractivity contribution in [1.82, 2.24) is 20.1 Å². The van der Waals surface area contributed by atoms with Crippen LogP contribution in [-0.2, 0) is 12.6 Å². The number of amides is 1. The number of rotatable bonds is 5. The summed E-state index contributed by atoms with van der Waals surface area (Å²) in [4.78, 5) is 16.4. The van der Waals surface area contributed by atoms with Crippen molar-refractivity contribution in [2.24, 2.45) is 7.05 Å². The molecule has 2 N–H and O–H groups in total. The second kappa shape index (κ2) is 6.29. The number of aliphatic hydroxyl groups is 1. The molecule has 2 aromatic heterocycles. The van der Waals surface area contributed by atoms with E-state index in [2.05, 4.69) is 15.4 Å². The molecule has 0 aliphatic heterocycles. The number of carbonyl (C=O) groups excluding carboxylic acids is 1. The van der Waals surface area contributed by atoms with E-state index in [-0.39, 0.29) is 12.5 Å². The van der Waals surface area contributed by atoms with Gasteiger partial charge in [0.2, 0.25) is 0 Å². The fourth-order valence-corrected chi connectivity index (χ4v) is 2.27. The number of nitrogens with one attached hydrogen (secondary N) is 1. The third kappa shape index (κ3) is 3.36. The molecule has 0 saturated carbocycles. The third-order valence-electron chi connectivity index (χ3n) is 3.65. The molecule has 1 unspecified atom stereocenters. The molecule has 124 valence electrons. The molecule has 2 heterocycles. The van der Waals surface area contributed by atoms with Crippen LogP contribution in [0.1, 0.15) is 23.0 Å². The van der Waals surface area contributed by atoms with Crippen LogP contribution in [0.25, 0.3) is 11.4 Å². The lowest BCUT2D eigenvalue weighted by atomic mass is 10.0. The minimum absolute atomic E-state index is 0.0445. The molecule has 0 spiro atoms. The van der Waals surface area contributed by atoms with Crippen LogP contribution >= 0.6 is 0 Å². The van der Waals surface area contributed by atoms with Gasteiger partial charge < -0.3 is 14.8 Å². The van der Waals surface area contributed by atoms with Crippen LogP contribution in [0.2, 0.25) is 0 Å². The van der Waals surface area contributed by atoms with Gasteiger partial charge in [-0.05, 0) is 31.2 Å². The Morgan fingerprint density at radius 2 is 2.08 bits per heavy atom. The summed E-state index contributed by atoms with van der Waals surface area (Å²) in [7, 11) is 1.79. The highest BCUT2D eigenvalue weighted by atomic mass is 16.4. The minimum atomic E-state index is -1.27. The molecule has 0 aliphatic carbocycles. The van der Waals surface area contributed by atoms with E-state index in [1.165, 1.54) is 6.26 Å². The Labute approximate surface area is 138 Å². The summed E-state index contributed by atoms with van der Waals surface area (Å²) >= 11 is 0. The largest absolute Gasteiger partial charge is 0.466 e. The summed E-state index contributed by atoms with van der Waals surface area (Å²) in [5, 5.41) is 17.3. The maximum Gasteiger partial charge on any atom is 0.251 e. The molecule has 1 amide bonds. The van der Waals surface area contributed by atoms with E-state index in [1.807, 2.05) is 0 Å². The van der Waals surface area contributed by atoms with Gasteiger partial charge in [-0.2, -0.15) is 5.10 Å². The maximum atomic E-state index is 12.2. The number of aromatic nitrogens is 3. The number of aryl methyl sites for hydroxylation is 1. The van der Waals surface area contributed by atoms with Crippen LogP contribution < -0.4 is 5.32 Å². The first-order chi connectivity index (χ1) is 11.5. The van der Waals surface area contributed by atoms with Crippen molar-refractivity contribution >= 4 is 5.91 Å². The van der Waals surface area contributed by atoms with E-state index in [0.717, 1.165) is 5.56 Å². The maximum absolute atomic E-state index is 12.2. The molecule has 0 saturated heterocycles. The van der Waals surface area contributed by atoms with E-state index >= 15 is 0 Å². The number of hydrogen-bond acceptors (Lipinski definition) is 5. The first kappa shape index (κ1) is 15.9. The lowest BCUT2D eigenvalue weighted by molar-refractivity contribution is 0.0330. The van der Waals surface area contributed by atoms with Crippen molar-refractivity contribution in [2.45, 2.75) is 12.5 Å². The third-order valence-corrected chi connectivity index (χ3v) is 3.65. The van der Waals surface area contributed by atoms with E-state index in [0.29, 0.717) is 17.1 Å². The van der Waals surface area contributed by atoms with E-state index in [4.69, 9.17) is 4.42 Å². The SMILES string of the molecule is Cn1cnc(-c2ccc(C(=O)NCC(C)(O)c3ccco3)cc2)n1. The summed E-state index contributed by atoms with van der Waals surface area (Å²) < 4.78 is 6.80. The number of benzene rings is 1. The second-order valence-corrected chi connectivity index (χ2v) is 5.75. The van der Waals surface area contributed by atoms with Crippen LogP contribution in [0.5, 0.6) is 0 Å². The van der Waals surface area contributed by atoms with Crippen molar-refractivity contribution in [3.05, 3.63) is 60.3 Å². The van der Waals surface area contributed by atoms with Gasteiger partial charge in [0, 0.05) is 18.2 Å². The molecule has 24 heavy (non-hydrogen) atoms. The molecule has 3 rings (SSSR count). The summed E-state index contributed by atoms with van der Waals surface area (Å²) in [6.45, 7) is 1.63. The summed E-state index contributed by atoms with van der Waals surface area (Å²) in [5.74, 6) is 0.729. The van der Waals surface area contributed by atoms with E-state index in [1.54, 1.807) is 61.4 Å². The highest BCUT2D eigenvalue weighted by molar-refractivity contribution is 5.94. The van der Waals surface area contributed by atoms with Gasteiger partial charge in [0.05, 0.1) is 12.8 Å². The summed E-state index contributed by atoms with van der Waals surface area (Å²) in [5.41, 5.74) is 0.0522. The van der Waals surface area contributed by atoms with Crippen LogP contribution in [0.15, 0.2) is 53.4 Å². The van der Waals surface area contributed by atoms with Crippen molar-refractivity contribution < 1.29 is 14.3 Å². The highest BCUT2D eigenvalue weighted by Gasteiger charge is 2.26. The fourth-order valence-electron chi connectivity index (χ4n) is 2.27. The zero-order chi connectivity index (χ0) is 17.2. The molecule has 1 atom stereocenters. The first-order valence-electron chi connectivity index (χ1n) is 7.46. The molecule has 3 aromatic rings.